The van der Waals surface area contributed by atoms with Gasteiger partial charge in [-0.05, 0) is 25.7 Å². The fourth-order valence-corrected chi connectivity index (χ4v) is 4.26. The molecule has 1 spiro atoms. The minimum atomic E-state index is -0.244. The molecule has 1 aliphatic carbocycles. The Balaban J connectivity index is 1.29. The Kier molecular flexibility index (Phi) is 4.30. The van der Waals surface area contributed by atoms with Crippen molar-refractivity contribution in [2.24, 2.45) is 7.05 Å². The lowest BCUT2D eigenvalue weighted by molar-refractivity contribution is -0.179. The van der Waals surface area contributed by atoms with E-state index in [9.17, 15) is 0 Å². The average Bonchev–Trinajstić information content (AvgIpc) is 3.20. The van der Waals surface area contributed by atoms with Gasteiger partial charge in [0.05, 0.1) is 25.1 Å². The maximum Gasteiger partial charge on any atom is 0.168 e. The van der Waals surface area contributed by atoms with Crippen molar-refractivity contribution in [1.29, 1.82) is 0 Å². The Morgan fingerprint density at radius 3 is 2.65 bits per heavy atom. The SMILES string of the molecule is Cn1cc(N2CCC[C@@H](NC3CCC4(CC3)OCCO4)C2)cn1. The topological polar surface area (TPSA) is 51.5 Å². The number of hydrogen-bond acceptors (Lipinski definition) is 5. The third-order valence-electron chi connectivity index (χ3n) is 5.51. The lowest BCUT2D eigenvalue weighted by atomic mass is 9.89. The maximum atomic E-state index is 5.83. The first-order valence-corrected chi connectivity index (χ1v) is 9.00. The molecule has 6 heteroatoms. The molecule has 4 rings (SSSR count). The highest BCUT2D eigenvalue weighted by Gasteiger charge is 2.40. The molecule has 1 aromatic rings. The van der Waals surface area contributed by atoms with Crippen molar-refractivity contribution in [3.05, 3.63) is 12.4 Å². The van der Waals surface area contributed by atoms with E-state index in [-0.39, 0.29) is 5.79 Å². The Morgan fingerprint density at radius 1 is 1.17 bits per heavy atom. The van der Waals surface area contributed by atoms with Crippen molar-refractivity contribution in [3.8, 4) is 0 Å². The quantitative estimate of drug-likeness (QED) is 0.918. The number of hydrogen-bond donors (Lipinski definition) is 1. The fraction of sp³-hybridized carbons (Fsp3) is 0.824. The first-order chi connectivity index (χ1) is 11.2. The van der Waals surface area contributed by atoms with Crippen molar-refractivity contribution in [3.63, 3.8) is 0 Å². The largest absolute Gasteiger partial charge is 0.367 e. The molecular weight excluding hydrogens is 292 g/mol. The lowest BCUT2D eigenvalue weighted by Gasteiger charge is -2.40. The number of piperidine rings is 1. The van der Waals surface area contributed by atoms with Crippen LogP contribution in [0.4, 0.5) is 5.69 Å². The number of anilines is 1. The van der Waals surface area contributed by atoms with Gasteiger partial charge < -0.3 is 19.7 Å². The molecule has 2 saturated heterocycles. The van der Waals surface area contributed by atoms with Crippen LogP contribution in [-0.2, 0) is 16.5 Å². The number of nitrogens with zero attached hydrogens (tertiary/aromatic N) is 3. The molecule has 0 bridgehead atoms. The Labute approximate surface area is 138 Å². The van der Waals surface area contributed by atoms with E-state index in [1.165, 1.54) is 18.5 Å². The summed E-state index contributed by atoms with van der Waals surface area (Å²) in [4.78, 5) is 2.46. The van der Waals surface area contributed by atoms with Crippen LogP contribution in [0.5, 0.6) is 0 Å². The average molecular weight is 320 g/mol. The van der Waals surface area contributed by atoms with Gasteiger partial charge in [0.2, 0.25) is 0 Å². The van der Waals surface area contributed by atoms with Crippen molar-refractivity contribution < 1.29 is 9.47 Å². The van der Waals surface area contributed by atoms with Gasteiger partial charge in [-0.3, -0.25) is 4.68 Å². The van der Waals surface area contributed by atoms with E-state index in [1.54, 1.807) is 0 Å². The molecule has 23 heavy (non-hydrogen) atoms. The molecule has 3 fully saturated rings. The molecule has 128 valence electrons. The molecule has 2 aliphatic heterocycles. The summed E-state index contributed by atoms with van der Waals surface area (Å²) >= 11 is 0. The van der Waals surface area contributed by atoms with Crippen LogP contribution in [0, 0.1) is 0 Å². The van der Waals surface area contributed by atoms with Gasteiger partial charge >= 0.3 is 0 Å². The summed E-state index contributed by atoms with van der Waals surface area (Å²) in [6, 6.07) is 1.18. The number of rotatable bonds is 3. The Morgan fingerprint density at radius 2 is 1.96 bits per heavy atom. The van der Waals surface area contributed by atoms with Crippen molar-refractivity contribution >= 4 is 5.69 Å². The van der Waals surface area contributed by atoms with E-state index >= 15 is 0 Å². The van der Waals surface area contributed by atoms with Gasteiger partial charge in [-0.2, -0.15) is 5.10 Å². The van der Waals surface area contributed by atoms with Gasteiger partial charge in [0.15, 0.2) is 5.79 Å². The summed E-state index contributed by atoms with van der Waals surface area (Å²) in [5.41, 5.74) is 1.24. The van der Waals surface area contributed by atoms with Gasteiger partial charge in [-0.15, -0.1) is 0 Å². The normalized spacial score (nSPS) is 28.6. The number of ether oxygens (including phenoxy) is 2. The molecule has 1 aromatic heterocycles. The van der Waals surface area contributed by atoms with Gasteiger partial charge in [-0.1, -0.05) is 0 Å². The Hall–Kier alpha value is -1.11. The zero-order valence-electron chi connectivity index (χ0n) is 14.0. The minimum Gasteiger partial charge on any atom is -0.367 e. The molecule has 3 aliphatic rings. The predicted molar refractivity (Wildman–Crippen MR) is 88.5 cm³/mol. The molecule has 0 aromatic carbocycles. The van der Waals surface area contributed by atoms with Crippen LogP contribution < -0.4 is 10.2 Å². The molecule has 0 unspecified atom stereocenters. The zero-order chi connectivity index (χ0) is 15.7. The van der Waals surface area contributed by atoms with Gasteiger partial charge in [-0.25, -0.2) is 0 Å². The first-order valence-electron chi connectivity index (χ1n) is 9.00. The van der Waals surface area contributed by atoms with Crippen LogP contribution in [-0.4, -0.2) is 54.0 Å². The molecule has 1 saturated carbocycles. The van der Waals surface area contributed by atoms with E-state index in [0.29, 0.717) is 12.1 Å². The van der Waals surface area contributed by atoms with Crippen LogP contribution in [0.2, 0.25) is 0 Å². The summed E-state index contributed by atoms with van der Waals surface area (Å²) in [6.45, 7) is 3.75. The molecule has 0 amide bonds. The number of aromatic nitrogens is 2. The van der Waals surface area contributed by atoms with Gasteiger partial charge in [0, 0.05) is 51.3 Å². The number of nitrogens with one attached hydrogen (secondary N) is 1. The van der Waals surface area contributed by atoms with Crippen LogP contribution >= 0.6 is 0 Å². The smallest absolute Gasteiger partial charge is 0.168 e. The summed E-state index contributed by atoms with van der Waals surface area (Å²) in [5.74, 6) is -0.244. The van der Waals surface area contributed by atoms with E-state index in [0.717, 1.165) is 52.0 Å². The summed E-state index contributed by atoms with van der Waals surface area (Å²) < 4.78 is 13.5. The second-order valence-corrected chi connectivity index (χ2v) is 7.21. The molecule has 3 heterocycles. The summed E-state index contributed by atoms with van der Waals surface area (Å²) in [6.07, 6.45) is 11.0. The zero-order valence-corrected chi connectivity index (χ0v) is 14.0. The Bertz CT molecular complexity index is 516. The van der Waals surface area contributed by atoms with E-state index in [1.807, 2.05) is 17.9 Å². The van der Waals surface area contributed by atoms with Crippen molar-refractivity contribution in [1.82, 2.24) is 15.1 Å². The molecule has 1 atom stereocenters. The van der Waals surface area contributed by atoms with Crippen LogP contribution in [0.3, 0.4) is 0 Å². The van der Waals surface area contributed by atoms with Crippen LogP contribution in [0.1, 0.15) is 38.5 Å². The van der Waals surface area contributed by atoms with Gasteiger partial charge in [0.1, 0.15) is 0 Å². The third kappa shape index (κ3) is 3.39. The predicted octanol–water partition coefficient (Wildman–Crippen LogP) is 1.66. The van der Waals surface area contributed by atoms with Gasteiger partial charge in [0.25, 0.3) is 0 Å². The van der Waals surface area contributed by atoms with E-state index in [2.05, 4.69) is 21.5 Å². The van der Waals surface area contributed by atoms with E-state index < -0.39 is 0 Å². The highest BCUT2D eigenvalue weighted by atomic mass is 16.7. The second kappa shape index (κ2) is 6.42. The van der Waals surface area contributed by atoms with Crippen molar-refractivity contribution in [2.45, 2.75) is 56.4 Å². The molecule has 1 N–H and O–H groups in total. The van der Waals surface area contributed by atoms with Crippen molar-refractivity contribution in [2.75, 3.05) is 31.2 Å². The lowest BCUT2D eigenvalue weighted by Crippen LogP contribution is -2.51. The highest BCUT2D eigenvalue weighted by molar-refractivity contribution is 5.43. The summed E-state index contributed by atoms with van der Waals surface area (Å²) in [5, 5.41) is 8.19. The molecule has 0 radical (unpaired) electrons. The first kappa shape index (κ1) is 15.4. The maximum absolute atomic E-state index is 5.83. The third-order valence-corrected chi connectivity index (χ3v) is 5.51. The highest BCUT2D eigenvalue weighted by Crippen LogP contribution is 2.36. The minimum absolute atomic E-state index is 0.244. The van der Waals surface area contributed by atoms with Crippen LogP contribution in [0.25, 0.3) is 0 Å². The number of aryl methyl sites for hydroxylation is 1. The molecule has 6 nitrogen and oxygen atoms in total. The monoisotopic (exact) mass is 320 g/mol. The fourth-order valence-electron chi connectivity index (χ4n) is 4.26. The summed E-state index contributed by atoms with van der Waals surface area (Å²) in [7, 11) is 1.98. The van der Waals surface area contributed by atoms with E-state index in [4.69, 9.17) is 9.47 Å². The van der Waals surface area contributed by atoms with Crippen LogP contribution in [0.15, 0.2) is 12.4 Å². The standard InChI is InChI=1S/C17H28N4O2/c1-20-13-16(11-18-20)21-8-2-3-15(12-21)19-14-4-6-17(7-5-14)22-9-10-23-17/h11,13-15,19H,2-10,12H2,1H3/t15-/m1/s1. The molecular formula is C17H28N4O2. The second-order valence-electron chi connectivity index (χ2n) is 7.21.